The first-order chi connectivity index (χ1) is 7.42. The summed E-state index contributed by atoms with van der Waals surface area (Å²) in [6.45, 7) is 8.99. The van der Waals surface area contributed by atoms with Crippen LogP contribution in [0.3, 0.4) is 0 Å². The van der Waals surface area contributed by atoms with E-state index in [0.29, 0.717) is 12.1 Å². The van der Waals surface area contributed by atoms with Crippen LogP contribution in [0.2, 0.25) is 0 Å². The number of rotatable bonds is 6. The summed E-state index contributed by atoms with van der Waals surface area (Å²) >= 11 is 0. The van der Waals surface area contributed by atoms with Crippen molar-refractivity contribution in [3.05, 3.63) is 12.2 Å². The fraction of sp³-hybridized carbons (Fsp3) is 0.545. The highest BCUT2D eigenvalue weighted by atomic mass is 16.5. The van der Waals surface area contributed by atoms with Crippen LogP contribution in [0, 0.1) is 0 Å². The van der Waals surface area contributed by atoms with Crippen molar-refractivity contribution in [1.29, 1.82) is 0 Å². The van der Waals surface area contributed by atoms with Gasteiger partial charge in [0.25, 0.3) is 5.91 Å². The second kappa shape index (κ2) is 6.76. The van der Waals surface area contributed by atoms with Gasteiger partial charge in [-0.2, -0.15) is 0 Å². The van der Waals surface area contributed by atoms with E-state index >= 15 is 0 Å². The van der Waals surface area contributed by atoms with Crippen molar-refractivity contribution in [2.45, 2.75) is 26.9 Å². The third kappa shape index (κ3) is 4.72. The third-order valence-corrected chi connectivity index (χ3v) is 1.93. The number of carbonyl (C=O) groups is 3. The smallest absolute Gasteiger partial charge is 0.333 e. The van der Waals surface area contributed by atoms with E-state index in [9.17, 15) is 14.4 Å². The number of nitrogens with zero attached hydrogens (tertiary/aromatic N) is 1. The summed E-state index contributed by atoms with van der Waals surface area (Å²) in [4.78, 5) is 33.9. The molecular formula is C11H17NO4. The van der Waals surface area contributed by atoms with E-state index in [0.717, 1.165) is 0 Å². The van der Waals surface area contributed by atoms with Crippen molar-refractivity contribution in [2.24, 2.45) is 0 Å². The molecule has 0 aromatic rings. The summed E-state index contributed by atoms with van der Waals surface area (Å²) in [5.41, 5.74) is 0.302. The maximum Gasteiger partial charge on any atom is 0.333 e. The Kier molecular flexibility index (Phi) is 6.07. The highest BCUT2D eigenvalue weighted by molar-refractivity contribution is 6.23. The Morgan fingerprint density at radius 2 is 2.06 bits per heavy atom. The summed E-state index contributed by atoms with van der Waals surface area (Å²) in [7, 11) is 0. The topological polar surface area (TPSA) is 63.7 Å². The van der Waals surface area contributed by atoms with Gasteiger partial charge in [0, 0.05) is 12.1 Å². The number of likely N-dealkylation sites (N-methyl/N-ethyl adjacent to an activating group) is 1. The van der Waals surface area contributed by atoms with Crippen LogP contribution in [0.4, 0.5) is 0 Å². The first-order valence-corrected chi connectivity index (χ1v) is 5.02. The standard InChI is InChI=1S/C11H17NO4/c1-5-12(10(14)7-13)6-9(4)16-11(15)8(2)3/h7,9H,2,5-6H2,1,3-4H3. The van der Waals surface area contributed by atoms with E-state index in [-0.39, 0.29) is 12.8 Å². The van der Waals surface area contributed by atoms with Crippen molar-refractivity contribution in [3.8, 4) is 0 Å². The van der Waals surface area contributed by atoms with Gasteiger partial charge in [0.1, 0.15) is 6.10 Å². The van der Waals surface area contributed by atoms with Crippen molar-refractivity contribution in [1.82, 2.24) is 4.90 Å². The number of hydrogen-bond acceptors (Lipinski definition) is 4. The van der Waals surface area contributed by atoms with Gasteiger partial charge in [-0.25, -0.2) is 4.79 Å². The Hall–Kier alpha value is -1.65. The molecule has 16 heavy (non-hydrogen) atoms. The molecule has 5 heteroatoms. The molecule has 5 nitrogen and oxygen atoms in total. The van der Waals surface area contributed by atoms with Crippen LogP contribution in [-0.4, -0.2) is 42.3 Å². The normalized spacial score (nSPS) is 11.4. The lowest BCUT2D eigenvalue weighted by molar-refractivity contribution is -0.147. The number of hydrogen-bond donors (Lipinski definition) is 0. The monoisotopic (exact) mass is 227 g/mol. The Morgan fingerprint density at radius 3 is 2.44 bits per heavy atom. The van der Waals surface area contributed by atoms with E-state index in [1.165, 1.54) is 4.90 Å². The van der Waals surface area contributed by atoms with E-state index in [4.69, 9.17) is 4.74 Å². The molecule has 0 aliphatic rings. The summed E-state index contributed by atoms with van der Waals surface area (Å²) in [5, 5.41) is 0. The van der Waals surface area contributed by atoms with Gasteiger partial charge in [-0.1, -0.05) is 6.58 Å². The highest BCUT2D eigenvalue weighted by Crippen LogP contribution is 2.01. The average Bonchev–Trinajstić information content (AvgIpc) is 2.24. The van der Waals surface area contributed by atoms with Crippen LogP contribution in [0.5, 0.6) is 0 Å². The summed E-state index contributed by atoms with van der Waals surface area (Å²) in [6, 6.07) is 0. The lowest BCUT2D eigenvalue weighted by Gasteiger charge is -2.22. The molecule has 0 saturated carbocycles. The molecule has 0 heterocycles. The zero-order valence-electron chi connectivity index (χ0n) is 9.86. The zero-order valence-corrected chi connectivity index (χ0v) is 9.86. The number of esters is 1. The number of ether oxygens (including phenoxy) is 1. The molecule has 0 spiro atoms. The second-order valence-corrected chi connectivity index (χ2v) is 3.49. The summed E-state index contributed by atoms with van der Waals surface area (Å²) in [6.07, 6.45) is -0.218. The van der Waals surface area contributed by atoms with E-state index < -0.39 is 18.0 Å². The lowest BCUT2D eigenvalue weighted by atomic mass is 10.3. The van der Waals surface area contributed by atoms with Gasteiger partial charge in [-0.05, 0) is 20.8 Å². The van der Waals surface area contributed by atoms with Gasteiger partial charge < -0.3 is 9.64 Å². The molecule has 0 bridgehead atoms. The van der Waals surface area contributed by atoms with Gasteiger partial charge in [0.2, 0.25) is 6.29 Å². The summed E-state index contributed by atoms with van der Waals surface area (Å²) in [5.74, 6) is -1.11. The van der Waals surface area contributed by atoms with Gasteiger partial charge in [0.15, 0.2) is 0 Å². The fourth-order valence-electron chi connectivity index (χ4n) is 1.08. The molecule has 0 aliphatic carbocycles. The predicted octanol–water partition coefficient (Wildman–Crippen LogP) is 0.542. The predicted molar refractivity (Wildman–Crippen MR) is 58.7 cm³/mol. The zero-order chi connectivity index (χ0) is 12.7. The van der Waals surface area contributed by atoms with Gasteiger partial charge in [-0.15, -0.1) is 0 Å². The van der Waals surface area contributed by atoms with Gasteiger partial charge in [-0.3, -0.25) is 9.59 Å². The van der Waals surface area contributed by atoms with Crippen molar-refractivity contribution in [3.63, 3.8) is 0 Å². The van der Waals surface area contributed by atoms with Gasteiger partial charge in [0.05, 0.1) is 6.54 Å². The maximum atomic E-state index is 11.2. The number of amides is 1. The Morgan fingerprint density at radius 1 is 1.50 bits per heavy atom. The van der Waals surface area contributed by atoms with Crippen LogP contribution in [-0.2, 0) is 19.1 Å². The Bertz CT molecular complexity index is 298. The van der Waals surface area contributed by atoms with Crippen molar-refractivity contribution >= 4 is 18.2 Å². The van der Waals surface area contributed by atoms with E-state index in [1.54, 1.807) is 20.8 Å². The minimum Gasteiger partial charge on any atom is -0.457 e. The first kappa shape index (κ1) is 14.3. The quantitative estimate of drug-likeness (QED) is 0.287. The maximum absolute atomic E-state index is 11.2. The summed E-state index contributed by atoms with van der Waals surface area (Å²) < 4.78 is 4.99. The fourth-order valence-corrected chi connectivity index (χ4v) is 1.08. The largest absolute Gasteiger partial charge is 0.457 e. The molecule has 0 N–H and O–H groups in total. The van der Waals surface area contributed by atoms with Gasteiger partial charge >= 0.3 is 5.97 Å². The first-order valence-electron chi connectivity index (χ1n) is 5.02. The second-order valence-electron chi connectivity index (χ2n) is 3.49. The van der Waals surface area contributed by atoms with Crippen LogP contribution in [0.25, 0.3) is 0 Å². The van der Waals surface area contributed by atoms with E-state index in [1.807, 2.05) is 0 Å². The molecule has 1 amide bonds. The van der Waals surface area contributed by atoms with Crippen molar-refractivity contribution in [2.75, 3.05) is 13.1 Å². The van der Waals surface area contributed by atoms with Crippen LogP contribution in [0.15, 0.2) is 12.2 Å². The Labute approximate surface area is 95.1 Å². The molecular weight excluding hydrogens is 210 g/mol. The number of carbonyl (C=O) groups excluding carboxylic acids is 3. The molecule has 1 atom stereocenters. The molecule has 0 fully saturated rings. The highest BCUT2D eigenvalue weighted by Gasteiger charge is 2.17. The molecule has 0 rings (SSSR count). The molecule has 0 saturated heterocycles. The minimum atomic E-state index is -0.610. The molecule has 0 aromatic heterocycles. The van der Waals surface area contributed by atoms with Crippen LogP contribution < -0.4 is 0 Å². The SMILES string of the molecule is C=C(C)C(=O)OC(C)CN(CC)C(=O)C=O. The Balaban J connectivity index is 4.25. The van der Waals surface area contributed by atoms with E-state index in [2.05, 4.69) is 6.58 Å². The minimum absolute atomic E-state index is 0.201. The molecule has 0 aliphatic heterocycles. The van der Waals surface area contributed by atoms with Crippen LogP contribution >= 0.6 is 0 Å². The van der Waals surface area contributed by atoms with Crippen LogP contribution in [0.1, 0.15) is 20.8 Å². The molecule has 90 valence electrons. The number of aldehydes is 1. The molecule has 1 unspecified atom stereocenters. The molecule has 0 aromatic carbocycles. The lowest BCUT2D eigenvalue weighted by Crippen LogP contribution is -2.38. The average molecular weight is 227 g/mol. The third-order valence-electron chi connectivity index (χ3n) is 1.93. The van der Waals surface area contributed by atoms with Crippen molar-refractivity contribution < 1.29 is 19.1 Å². The molecule has 0 radical (unpaired) electrons.